The van der Waals surface area contributed by atoms with Crippen molar-refractivity contribution >= 4 is 23.5 Å². The van der Waals surface area contributed by atoms with E-state index in [4.69, 9.17) is 0 Å². The predicted molar refractivity (Wildman–Crippen MR) is 92.0 cm³/mol. The van der Waals surface area contributed by atoms with Crippen LogP contribution in [0.5, 0.6) is 0 Å². The van der Waals surface area contributed by atoms with Gasteiger partial charge in [-0.25, -0.2) is 4.98 Å². The Balaban J connectivity index is 1.57. The van der Waals surface area contributed by atoms with E-state index in [1.165, 1.54) is 11.8 Å². The van der Waals surface area contributed by atoms with Crippen LogP contribution in [-0.2, 0) is 0 Å². The van der Waals surface area contributed by atoms with E-state index < -0.39 is 0 Å². The largest absolute Gasteiger partial charge is 0.355 e. The van der Waals surface area contributed by atoms with Crippen LogP contribution in [0.2, 0.25) is 0 Å². The van der Waals surface area contributed by atoms with Gasteiger partial charge in [-0.1, -0.05) is 0 Å². The van der Waals surface area contributed by atoms with Gasteiger partial charge in [-0.2, -0.15) is 5.10 Å². The number of nitrogens with zero attached hydrogens (tertiary/aromatic N) is 3. The Morgan fingerprint density at radius 1 is 1.43 bits per heavy atom. The summed E-state index contributed by atoms with van der Waals surface area (Å²) in [4.78, 5) is 19.0. The average Bonchev–Trinajstić information content (AvgIpc) is 3.02. The third kappa shape index (κ3) is 3.67. The van der Waals surface area contributed by atoms with E-state index in [1.54, 1.807) is 12.3 Å². The first kappa shape index (κ1) is 15.9. The first-order chi connectivity index (χ1) is 11.2. The Labute approximate surface area is 140 Å². The van der Waals surface area contributed by atoms with Crippen LogP contribution in [0.25, 0.3) is 0 Å². The molecular formula is C16H21N5OS. The van der Waals surface area contributed by atoms with Gasteiger partial charge in [-0.05, 0) is 38.2 Å². The molecule has 0 aliphatic carbocycles. The number of aromatic amines is 1. The highest BCUT2D eigenvalue weighted by Crippen LogP contribution is 2.20. The quantitative estimate of drug-likeness (QED) is 0.841. The van der Waals surface area contributed by atoms with Gasteiger partial charge in [0.15, 0.2) is 5.82 Å². The zero-order valence-corrected chi connectivity index (χ0v) is 14.2. The number of anilines is 1. The highest BCUT2D eigenvalue weighted by molar-refractivity contribution is 7.98. The highest BCUT2D eigenvalue weighted by Gasteiger charge is 2.23. The number of aromatic nitrogens is 3. The summed E-state index contributed by atoms with van der Waals surface area (Å²) in [6.07, 6.45) is 5.50. The molecule has 1 aliphatic heterocycles. The molecule has 3 heterocycles. The molecule has 0 aromatic carbocycles. The summed E-state index contributed by atoms with van der Waals surface area (Å²) >= 11 is 1.49. The fraction of sp³-hybridized carbons (Fsp3) is 0.438. The van der Waals surface area contributed by atoms with Crippen molar-refractivity contribution in [3.63, 3.8) is 0 Å². The fourth-order valence-electron chi connectivity index (χ4n) is 2.81. The van der Waals surface area contributed by atoms with Crippen molar-refractivity contribution in [1.29, 1.82) is 0 Å². The molecular weight excluding hydrogens is 310 g/mol. The number of piperidine rings is 1. The summed E-state index contributed by atoms with van der Waals surface area (Å²) in [7, 11) is 0. The lowest BCUT2D eigenvalue weighted by atomic mass is 10.0. The summed E-state index contributed by atoms with van der Waals surface area (Å²) in [5.74, 6) is 0.959. The lowest BCUT2D eigenvalue weighted by Gasteiger charge is -2.32. The number of nitrogens with one attached hydrogen (secondary N) is 2. The molecule has 2 N–H and O–H groups in total. The molecule has 2 aromatic rings. The molecule has 1 aliphatic rings. The van der Waals surface area contributed by atoms with E-state index in [0.717, 1.165) is 42.5 Å². The molecule has 1 amide bonds. The van der Waals surface area contributed by atoms with E-state index in [9.17, 15) is 4.79 Å². The smallest absolute Gasteiger partial charge is 0.254 e. The number of H-pyrrole nitrogens is 1. The number of hydrogen-bond donors (Lipinski definition) is 2. The molecule has 1 fully saturated rings. The molecule has 6 nitrogen and oxygen atoms in total. The maximum atomic E-state index is 12.5. The maximum absolute atomic E-state index is 12.5. The zero-order chi connectivity index (χ0) is 16.2. The molecule has 0 saturated carbocycles. The zero-order valence-electron chi connectivity index (χ0n) is 13.4. The summed E-state index contributed by atoms with van der Waals surface area (Å²) < 4.78 is 0. The maximum Gasteiger partial charge on any atom is 0.254 e. The van der Waals surface area contributed by atoms with Crippen LogP contribution in [0.15, 0.2) is 29.4 Å². The molecule has 23 heavy (non-hydrogen) atoms. The second-order valence-electron chi connectivity index (χ2n) is 5.70. The van der Waals surface area contributed by atoms with Crippen LogP contribution >= 0.6 is 11.8 Å². The normalized spacial score (nSPS) is 15.7. The second kappa shape index (κ2) is 7.04. The standard InChI is InChI=1S/C16H21N5OS/c1-11-10-14(20-19-11)21-8-5-12(6-9-21)18-15(22)13-4-3-7-17-16(13)23-2/h3-4,7,10,12H,5-6,8-9H2,1-2H3,(H,18,22)(H,19,20). The number of hydrogen-bond acceptors (Lipinski definition) is 5. The Hall–Kier alpha value is -2.02. The third-order valence-electron chi connectivity index (χ3n) is 4.06. The summed E-state index contributed by atoms with van der Waals surface area (Å²) in [5.41, 5.74) is 1.72. The number of thioether (sulfide) groups is 1. The van der Waals surface area contributed by atoms with E-state index in [1.807, 2.05) is 19.2 Å². The van der Waals surface area contributed by atoms with E-state index >= 15 is 0 Å². The number of carbonyl (C=O) groups is 1. The first-order valence-electron chi connectivity index (χ1n) is 7.74. The van der Waals surface area contributed by atoms with Crippen molar-refractivity contribution in [1.82, 2.24) is 20.5 Å². The lowest BCUT2D eigenvalue weighted by Crippen LogP contribution is -2.45. The number of rotatable bonds is 4. The molecule has 0 bridgehead atoms. The molecule has 122 valence electrons. The van der Waals surface area contributed by atoms with Gasteiger partial charge in [0, 0.05) is 37.1 Å². The van der Waals surface area contributed by atoms with Gasteiger partial charge >= 0.3 is 0 Å². The molecule has 0 spiro atoms. The van der Waals surface area contributed by atoms with Gasteiger partial charge < -0.3 is 10.2 Å². The van der Waals surface area contributed by atoms with Crippen LogP contribution in [0.1, 0.15) is 28.9 Å². The number of amides is 1. The molecule has 0 atom stereocenters. The van der Waals surface area contributed by atoms with Gasteiger partial charge in [0.05, 0.1) is 5.56 Å². The SMILES string of the molecule is CSc1ncccc1C(=O)NC1CCN(c2cc(C)[nH]n2)CC1. The minimum atomic E-state index is -0.0310. The number of aryl methyl sites for hydroxylation is 1. The number of carbonyl (C=O) groups excluding carboxylic acids is 1. The van der Waals surface area contributed by atoms with Crippen LogP contribution < -0.4 is 10.2 Å². The Bertz CT molecular complexity index is 679. The van der Waals surface area contributed by atoms with Crippen LogP contribution in [0.3, 0.4) is 0 Å². The van der Waals surface area contributed by atoms with Crippen molar-refractivity contribution in [2.24, 2.45) is 0 Å². The molecule has 0 radical (unpaired) electrons. The van der Waals surface area contributed by atoms with Gasteiger partial charge in [-0.15, -0.1) is 11.8 Å². The van der Waals surface area contributed by atoms with Gasteiger partial charge in [0.2, 0.25) is 0 Å². The lowest BCUT2D eigenvalue weighted by molar-refractivity contribution is 0.0927. The Kier molecular flexibility index (Phi) is 4.85. The van der Waals surface area contributed by atoms with Crippen LogP contribution in [0, 0.1) is 6.92 Å². The van der Waals surface area contributed by atoms with Crippen molar-refractivity contribution in [3.05, 3.63) is 35.7 Å². The molecule has 2 aromatic heterocycles. The fourth-order valence-corrected chi connectivity index (χ4v) is 3.35. The van der Waals surface area contributed by atoms with E-state index in [2.05, 4.69) is 31.5 Å². The topological polar surface area (TPSA) is 73.9 Å². The Morgan fingerprint density at radius 3 is 2.87 bits per heavy atom. The van der Waals surface area contributed by atoms with Gasteiger partial charge in [0.25, 0.3) is 5.91 Å². The van der Waals surface area contributed by atoms with Crippen molar-refractivity contribution < 1.29 is 4.79 Å². The minimum absolute atomic E-state index is 0.0310. The van der Waals surface area contributed by atoms with Crippen LogP contribution in [0.4, 0.5) is 5.82 Å². The number of pyridine rings is 1. The molecule has 3 rings (SSSR count). The summed E-state index contributed by atoms with van der Waals surface area (Å²) in [5, 5.41) is 11.2. The minimum Gasteiger partial charge on any atom is -0.355 e. The molecule has 0 unspecified atom stereocenters. The van der Waals surface area contributed by atoms with Gasteiger partial charge in [0.1, 0.15) is 5.03 Å². The van der Waals surface area contributed by atoms with Gasteiger partial charge in [-0.3, -0.25) is 9.89 Å². The van der Waals surface area contributed by atoms with Crippen molar-refractivity contribution in [2.45, 2.75) is 30.8 Å². The predicted octanol–water partition coefficient (Wildman–Crippen LogP) is 2.23. The summed E-state index contributed by atoms with van der Waals surface area (Å²) in [6.45, 7) is 3.80. The monoisotopic (exact) mass is 331 g/mol. The average molecular weight is 331 g/mol. The van der Waals surface area contributed by atoms with Crippen LogP contribution in [-0.4, -0.2) is 46.5 Å². The van der Waals surface area contributed by atoms with E-state index in [0.29, 0.717) is 5.56 Å². The van der Waals surface area contributed by atoms with Crippen molar-refractivity contribution in [3.8, 4) is 0 Å². The second-order valence-corrected chi connectivity index (χ2v) is 6.50. The first-order valence-corrected chi connectivity index (χ1v) is 8.96. The van der Waals surface area contributed by atoms with E-state index in [-0.39, 0.29) is 11.9 Å². The molecule has 7 heteroatoms. The molecule has 1 saturated heterocycles. The third-order valence-corrected chi connectivity index (χ3v) is 4.77. The summed E-state index contributed by atoms with van der Waals surface area (Å²) in [6, 6.07) is 5.89. The highest BCUT2D eigenvalue weighted by atomic mass is 32.2. The van der Waals surface area contributed by atoms with Crippen molar-refractivity contribution in [2.75, 3.05) is 24.2 Å². The Morgan fingerprint density at radius 2 is 2.22 bits per heavy atom.